The van der Waals surface area contributed by atoms with Crippen LogP contribution in [0.4, 0.5) is 22.7 Å². The number of nitro groups is 4. The lowest BCUT2D eigenvalue weighted by Gasteiger charge is -2.05. The van der Waals surface area contributed by atoms with Gasteiger partial charge in [-0.05, 0) is 12.1 Å². The van der Waals surface area contributed by atoms with E-state index >= 15 is 0 Å². The normalized spacial score (nSPS) is 10.2. The van der Waals surface area contributed by atoms with Gasteiger partial charge in [0.1, 0.15) is 0 Å². The zero-order valence-electron chi connectivity index (χ0n) is 11.5. The Morgan fingerprint density at radius 2 is 0.875 bits per heavy atom. The van der Waals surface area contributed by atoms with E-state index in [4.69, 9.17) is 0 Å². The number of hydrogen-bond acceptors (Lipinski definition) is 8. The number of nitro benzene ring substituents is 4. The van der Waals surface area contributed by atoms with Crippen molar-refractivity contribution in [3.05, 3.63) is 76.9 Å². The van der Waals surface area contributed by atoms with E-state index in [1.165, 1.54) is 0 Å². The van der Waals surface area contributed by atoms with Crippen LogP contribution < -0.4 is 0 Å². The Morgan fingerprint density at radius 1 is 0.542 bits per heavy atom. The number of rotatable bonds is 5. The molecule has 12 heteroatoms. The summed E-state index contributed by atoms with van der Waals surface area (Å²) < 4.78 is 0. The van der Waals surface area contributed by atoms with Crippen LogP contribution in [-0.2, 0) is 0 Å². The zero-order chi connectivity index (χ0) is 18.0. The summed E-state index contributed by atoms with van der Waals surface area (Å²) in [6.45, 7) is 0. The van der Waals surface area contributed by atoms with Crippen molar-refractivity contribution in [1.29, 1.82) is 0 Å². The van der Waals surface area contributed by atoms with Crippen molar-refractivity contribution in [1.82, 2.24) is 0 Å². The molecule has 2 aromatic rings. The van der Waals surface area contributed by atoms with Crippen LogP contribution >= 0.6 is 0 Å². The van der Waals surface area contributed by atoms with Crippen molar-refractivity contribution in [3.63, 3.8) is 0 Å². The van der Waals surface area contributed by atoms with E-state index in [2.05, 4.69) is 0 Å². The summed E-state index contributed by atoms with van der Waals surface area (Å²) in [7, 11) is 0. The van der Waals surface area contributed by atoms with Gasteiger partial charge in [0.15, 0.2) is 0 Å². The molecule has 0 aliphatic heterocycles. The molecule has 122 valence electrons. The lowest BCUT2D eigenvalue weighted by molar-refractivity contribution is -0.423. The van der Waals surface area contributed by atoms with Crippen LogP contribution in [0.15, 0.2) is 36.4 Å². The molecular weight excluding hydrogens is 328 g/mol. The minimum Gasteiger partial charge on any atom is -0.258 e. The van der Waals surface area contributed by atoms with E-state index < -0.39 is 53.6 Å². The standard InChI is InChI=1S/C12H6N4O8/c17-13(18)9-5-1-3-7(11(9)15(21)22)8-4-2-6-10(14(19)20)12(8)16(23)24/h1-6H. The summed E-state index contributed by atoms with van der Waals surface area (Å²) >= 11 is 0. The first-order valence-electron chi connectivity index (χ1n) is 6.09. The van der Waals surface area contributed by atoms with E-state index in [0.29, 0.717) is 0 Å². The van der Waals surface area contributed by atoms with Gasteiger partial charge in [-0.1, -0.05) is 12.1 Å². The predicted molar refractivity (Wildman–Crippen MR) is 78.5 cm³/mol. The molecule has 0 heterocycles. The molecule has 0 spiro atoms. The Morgan fingerprint density at radius 3 is 1.12 bits per heavy atom. The summed E-state index contributed by atoms with van der Waals surface area (Å²) in [6, 6.07) is 6.04. The molecule has 0 atom stereocenters. The summed E-state index contributed by atoms with van der Waals surface area (Å²) in [5, 5.41) is 44.4. The van der Waals surface area contributed by atoms with Crippen LogP contribution in [0.5, 0.6) is 0 Å². The van der Waals surface area contributed by atoms with Crippen molar-refractivity contribution < 1.29 is 19.7 Å². The third-order valence-corrected chi connectivity index (χ3v) is 3.08. The van der Waals surface area contributed by atoms with Crippen LogP contribution in [0.3, 0.4) is 0 Å². The highest BCUT2D eigenvalue weighted by molar-refractivity contribution is 5.87. The monoisotopic (exact) mass is 334 g/mol. The second-order valence-electron chi connectivity index (χ2n) is 4.38. The Balaban J connectivity index is 2.93. The van der Waals surface area contributed by atoms with Crippen molar-refractivity contribution in [2.45, 2.75) is 0 Å². The van der Waals surface area contributed by atoms with Gasteiger partial charge in [0.2, 0.25) is 0 Å². The second-order valence-corrected chi connectivity index (χ2v) is 4.38. The number of para-hydroxylation sites is 2. The van der Waals surface area contributed by atoms with E-state index in [1.807, 2.05) is 0 Å². The smallest absolute Gasteiger partial charge is 0.258 e. The minimum absolute atomic E-state index is 0.454. The molecule has 0 bridgehead atoms. The Labute approximate surface area is 131 Å². The maximum absolute atomic E-state index is 11.2. The predicted octanol–water partition coefficient (Wildman–Crippen LogP) is 2.99. The van der Waals surface area contributed by atoms with Gasteiger partial charge in [-0.25, -0.2) is 0 Å². The van der Waals surface area contributed by atoms with Crippen molar-refractivity contribution in [3.8, 4) is 11.1 Å². The highest BCUT2D eigenvalue weighted by Gasteiger charge is 2.35. The van der Waals surface area contributed by atoms with E-state index in [-0.39, 0.29) is 0 Å². The van der Waals surface area contributed by atoms with Crippen LogP contribution in [0, 0.1) is 40.5 Å². The van der Waals surface area contributed by atoms with Gasteiger partial charge in [0.05, 0.1) is 30.8 Å². The molecule has 2 aromatic carbocycles. The lowest BCUT2D eigenvalue weighted by Crippen LogP contribution is -2.02. The third-order valence-electron chi connectivity index (χ3n) is 3.08. The van der Waals surface area contributed by atoms with Crippen molar-refractivity contribution in [2.75, 3.05) is 0 Å². The molecule has 0 radical (unpaired) electrons. The Hall–Kier alpha value is -3.96. The molecule has 0 aliphatic carbocycles. The third kappa shape index (κ3) is 2.70. The molecule has 12 nitrogen and oxygen atoms in total. The molecule has 0 N–H and O–H groups in total. The minimum atomic E-state index is -1.06. The maximum Gasteiger partial charge on any atom is 0.354 e. The lowest BCUT2D eigenvalue weighted by atomic mass is 10.00. The average molecular weight is 334 g/mol. The van der Waals surface area contributed by atoms with Crippen molar-refractivity contribution >= 4 is 22.7 Å². The van der Waals surface area contributed by atoms with Crippen LogP contribution in [0.2, 0.25) is 0 Å². The van der Waals surface area contributed by atoms with E-state index in [1.54, 1.807) is 0 Å². The molecule has 0 aliphatic rings. The zero-order valence-corrected chi connectivity index (χ0v) is 11.5. The molecule has 0 aromatic heterocycles. The molecule has 24 heavy (non-hydrogen) atoms. The van der Waals surface area contributed by atoms with Crippen LogP contribution in [0.25, 0.3) is 11.1 Å². The molecule has 0 fully saturated rings. The van der Waals surface area contributed by atoms with Gasteiger partial charge in [-0.15, -0.1) is 0 Å². The fourth-order valence-corrected chi connectivity index (χ4v) is 2.18. The SMILES string of the molecule is O=[N+]([O-])c1cccc(-c2cccc([N+](=O)[O-])c2[N+](=O)[O-])c1[N+](=O)[O-]. The molecule has 0 unspecified atom stereocenters. The number of hydrogen-bond donors (Lipinski definition) is 0. The topological polar surface area (TPSA) is 173 Å². The van der Waals surface area contributed by atoms with Gasteiger partial charge in [0.25, 0.3) is 0 Å². The van der Waals surface area contributed by atoms with Gasteiger partial charge in [-0.2, -0.15) is 0 Å². The molecular formula is C12H6N4O8. The van der Waals surface area contributed by atoms with Gasteiger partial charge < -0.3 is 0 Å². The number of benzene rings is 2. The fourth-order valence-electron chi connectivity index (χ4n) is 2.18. The number of nitrogens with zero attached hydrogens (tertiary/aromatic N) is 4. The molecule has 0 saturated carbocycles. The van der Waals surface area contributed by atoms with Crippen LogP contribution in [0.1, 0.15) is 0 Å². The van der Waals surface area contributed by atoms with Gasteiger partial charge in [-0.3, -0.25) is 40.5 Å². The Bertz CT molecular complexity index is 821. The first kappa shape index (κ1) is 16.4. The van der Waals surface area contributed by atoms with Crippen molar-refractivity contribution in [2.24, 2.45) is 0 Å². The highest BCUT2D eigenvalue weighted by atomic mass is 16.6. The first-order chi connectivity index (χ1) is 11.3. The Kier molecular flexibility index (Phi) is 4.13. The highest BCUT2D eigenvalue weighted by Crippen LogP contribution is 2.43. The van der Waals surface area contributed by atoms with Crippen LogP contribution in [-0.4, -0.2) is 19.7 Å². The van der Waals surface area contributed by atoms with Gasteiger partial charge in [0, 0.05) is 12.1 Å². The largest absolute Gasteiger partial charge is 0.354 e. The summed E-state index contributed by atoms with van der Waals surface area (Å²) in [5.41, 5.74) is -4.62. The van der Waals surface area contributed by atoms with Gasteiger partial charge >= 0.3 is 22.7 Å². The quantitative estimate of drug-likeness (QED) is 0.592. The summed E-state index contributed by atoms with van der Waals surface area (Å²) in [5.74, 6) is 0. The average Bonchev–Trinajstić information content (AvgIpc) is 2.52. The second kappa shape index (κ2) is 6.04. The summed E-state index contributed by atoms with van der Waals surface area (Å²) in [6.07, 6.45) is 0. The maximum atomic E-state index is 11.2. The van der Waals surface area contributed by atoms with E-state index in [0.717, 1.165) is 36.4 Å². The fraction of sp³-hybridized carbons (Fsp3) is 0. The van der Waals surface area contributed by atoms with E-state index in [9.17, 15) is 40.5 Å². The molecule has 0 amide bonds. The first-order valence-corrected chi connectivity index (χ1v) is 6.09. The summed E-state index contributed by atoms with van der Waals surface area (Å²) in [4.78, 5) is 40.2. The molecule has 2 rings (SSSR count). The molecule has 0 saturated heterocycles.